The van der Waals surface area contributed by atoms with Crippen LogP contribution in [0.4, 0.5) is 5.69 Å². The van der Waals surface area contributed by atoms with Gasteiger partial charge in [-0.15, -0.1) is 0 Å². The van der Waals surface area contributed by atoms with Crippen molar-refractivity contribution < 1.29 is 13.0 Å². The van der Waals surface area contributed by atoms with E-state index in [1.807, 2.05) is 0 Å². The van der Waals surface area contributed by atoms with Gasteiger partial charge in [0.15, 0.2) is 0 Å². The van der Waals surface area contributed by atoms with Crippen molar-refractivity contribution in [2.24, 2.45) is 5.11 Å². The molecule has 0 saturated heterocycles. The van der Waals surface area contributed by atoms with E-state index in [2.05, 4.69) is 5.11 Å². The van der Waals surface area contributed by atoms with Crippen molar-refractivity contribution in [1.29, 1.82) is 5.53 Å². The highest BCUT2D eigenvalue weighted by atomic mass is 32.2. The Kier molecular flexibility index (Phi) is 2.44. The first-order chi connectivity index (χ1) is 5.95. The number of hydrogen-bond donors (Lipinski definition) is 2. The predicted molar refractivity (Wildman–Crippen MR) is 45.8 cm³/mol. The fourth-order valence-electron chi connectivity index (χ4n) is 0.870. The van der Waals surface area contributed by atoms with E-state index in [9.17, 15) is 8.42 Å². The summed E-state index contributed by atoms with van der Waals surface area (Å²) in [7, 11) is -4.20. The van der Waals surface area contributed by atoms with Crippen LogP contribution in [0.25, 0.3) is 0 Å². The zero-order chi connectivity index (χ0) is 10.1. The van der Waals surface area contributed by atoms with Gasteiger partial charge in [-0.05, 0) is 24.6 Å². The first-order valence-corrected chi connectivity index (χ1v) is 4.85. The van der Waals surface area contributed by atoms with E-state index < -0.39 is 10.1 Å². The molecule has 0 spiro atoms. The lowest BCUT2D eigenvalue weighted by Crippen LogP contribution is -1.97. The molecule has 0 bridgehead atoms. The average Bonchev–Trinajstić information content (AvgIpc) is 2.03. The normalized spacial score (nSPS) is 11.2. The summed E-state index contributed by atoms with van der Waals surface area (Å²) in [5.74, 6) is 0. The van der Waals surface area contributed by atoms with Crippen LogP contribution in [0, 0.1) is 12.5 Å². The largest absolute Gasteiger partial charge is 0.294 e. The molecule has 70 valence electrons. The van der Waals surface area contributed by atoms with Crippen molar-refractivity contribution >= 4 is 15.8 Å². The van der Waals surface area contributed by atoms with Gasteiger partial charge in [-0.2, -0.15) is 13.5 Å². The number of rotatable bonds is 2. The fraction of sp³-hybridized carbons (Fsp3) is 0.143. The third-order valence-corrected chi connectivity index (χ3v) is 2.45. The van der Waals surface area contributed by atoms with Crippen LogP contribution in [0.5, 0.6) is 0 Å². The molecule has 0 aliphatic carbocycles. The molecule has 0 aliphatic rings. The molecule has 1 rings (SSSR count). The minimum absolute atomic E-state index is 0.232. The molecule has 0 fully saturated rings. The summed E-state index contributed by atoms with van der Waals surface area (Å²) in [6.45, 7) is 1.70. The van der Waals surface area contributed by atoms with Crippen LogP contribution in [-0.2, 0) is 10.1 Å². The first kappa shape index (κ1) is 9.82. The van der Waals surface area contributed by atoms with E-state index in [-0.39, 0.29) is 10.6 Å². The second-order valence-electron chi connectivity index (χ2n) is 2.54. The van der Waals surface area contributed by atoms with Gasteiger partial charge in [0, 0.05) is 0 Å². The maximum Gasteiger partial charge on any atom is 0.294 e. The fourth-order valence-corrected chi connectivity index (χ4v) is 1.37. The standard InChI is InChI=1S/C7H8N2O3S/c1-5-2-3-6(13(10,11)12)4-7(5)9-8/h2-4,8H,1H3,(H,10,11,12). The van der Waals surface area contributed by atoms with Crippen LogP contribution >= 0.6 is 0 Å². The Hall–Kier alpha value is -1.27. The summed E-state index contributed by atoms with van der Waals surface area (Å²) < 4.78 is 30.0. The number of benzene rings is 1. The molecule has 1 aromatic rings. The van der Waals surface area contributed by atoms with Crippen LogP contribution in [0.1, 0.15) is 5.56 Å². The van der Waals surface area contributed by atoms with Gasteiger partial charge >= 0.3 is 0 Å². The van der Waals surface area contributed by atoms with Gasteiger partial charge in [0.1, 0.15) is 0 Å². The van der Waals surface area contributed by atoms with Crippen LogP contribution < -0.4 is 0 Å². The van der Waals surface area contributed by atoms with Gasteiger partial charge in [0.05, 0.1) is 10.6 Å². The van der Waals surface area contributed by atoms with E-state index in [1.165, 1.54) is 12.1 Å². The minimum Gasteiger partial charge on any atom is -0.282 e. The zero-order valence-corrected chi connectivity index (χ0v) is 7.67. The monoisotopic (exact) mass is 200 g/mol. The van der Waals surface area contributed by atoms with E-state index in [1.54, 1.807) is 6.92 Å². The van der Waals surface area contributed by atoms with Crippen LogP contribution in [0.2, 0.25) is 0 Å². The molecule has 0 heterocycles. The molecular formula is C7H8N2O3S. The highest BCUT2D eigenvalue weighted by Gasteiger charge is 2.10. The molecule has 5 nitrogen and oxygen atoms in total. The quantitative estimate of drug-likeness (QED) is 0.564. The summed E-state index contributed by atoms with van der Waals surface area (Å²) in [5, 5.41) is 3.12. The number of nitrogens with zero attached hydrogens (tertiary/aromatic N) is 1. The van der Waals surface area contributed by atoms with Gasteiger partial charge in [-0.3, -0.25) is 4.55 Å². The molecule has 0 amide bonds. The van der Waals surface area contributed by atoms with Crippen molar-refractivity contribution in [3.05, 3.63) is 23.8 Å². The Morgan fingerprint density at radius 2 is 2.08 bits per heavy atom. The lowest BCUT2D eigenvalue weighted by molar-refractivity contribution is 0.483. The molecule has 0 unspecified atom stereocenters. The Morgan fingerprint density at radius 1 is 1.46 bits per heavy atom. The minimum atomic E-state index is -4.20. The molecule has 0 atom stereocenters. The molecule has 13 heavy (non-hydrogen) atoms. The van der Waals surface area contributed by atoms with E-state index >= 15 is 0 Å². The van der Waals surface area contributed by atoms with Gasteiger partial charge in [0.2, 0.25) is 0 Å². The van der Waals surface area contributed by atoms with Crippen LogP contribution in [-0.4, -0.2) is 13.0 Å². The van der Waals surface area contributed by atoms with Crippen molar-refractivity contribution in [3.8, 4) is 0 Å². The molecular weight excluding hydrogens is 192 g/mol. The summed E-state index contributed by atoms with van der Waals surface area (Å²) in [6.07, 6.45) is 0. The summed E-state index contributed by atoms with van der Waals surface area (Å²) >= 11 is 0. The maximum atomic E-state index is 10.7. The lowest BCUT2D eigenvalue weighted by Gasteiger charge is -2.00. The summed E-state index contributed by atoms with van der Waals surface area (Å²) in [6, 6.07) is 3.90. The number of nitrogens with one attached hydrogen (secondary N) is 1. The van der Waals surface area contributed by atoms with Gasteiger partial charge in [0.25, 0.3) is 10.1 Å². The Balaban J connectivity index is 3.38. The first-order valence-electron chi connectivity index (χ1n) is 3.41. The topological polar surface area (TPSA) is 90.6 Å². The third kappa shape index (κ3) is 2.10. The summed E-state index contributed by atoms with van der Waals surface area (Å²) in [4.78, 5) is -0.246. The highest BCUT2D eigenvalue weighted by Crippen LogP contribution is 2.22. The van der Waals surface area contributed by atoms with Crippen molar-refractivity contribution in [2.75, 3.05) is 0 Å². The SMILES string of the molecule is Cc1ccc(S(=O)(=O)O)cc1N=N. The van der Waals surface area contributed by atoms with Crippen molar-refractivity contribution in [2.45, 2.75) is 11.8 Å². The molecule has 1 aromatic carbocycles. The molecule has 0 aliphatic heterocycles. The second-order valence-corrected chi connectivity index (χ2v) is 3.96. The lowest BCUT2D eigenvalue weighted by atomic mass is 10.2. The Bertz CT molecular complexity index is 439. The molecule has 0 saturated carbocycles. The van der Waals surface area contributed by atoms with Gasteiger partial charge in [-0.1, -0.05) is 6.07 Å². The summed E-state index contributed by atoms with van der Waals surface area (Å²) in [5.41, 5.74) is 7.65. The van der Waals surface area contributed by atoms with Gasteiger partial charge < -0.3 is 0 Å². The molecule has 0 aromatic heterocycles. The Labute approximate surface area is 75.7 Å². The molecule has 0 radical (unpaired) electrons. The number of hydrogen-bond acceptors (Lipinski definition) is 4. The Morgan fingerprint density at radius 3 is 2.54 bits per heavy atom. The molecule has 6 heteroatoms. The predicted octanol–water partition coefficient (Wildman–Crippen LogP) is 1.90. The van der Waals surface area contributed by atoms with Crippen LogP contribution in [0.15, 0.2) is 28.2 Å². The molecule has 2 N–H and O–H groups in total. The number of aryl methyl sites for hydroxylation is 1. The smallest absolute Gasteiger partial charge is 0.282 e. The van der Waals surface area contributed by atoms with Gasteiger partial charge in [-0.25, -0.2) is 5.53 Å². The van der Waals surface area contributed by atoms with Crippen molar-refractivity contribution in [1.82, 2.24) is 0 Å². The average molecular weight is 200 g/mol. The second kappa shape index (κ2) is 3.23. The van der Waals surface area contributed by atoms with Crippen molar-refractivity contribution in [3.63, 3.8) is 0 Å². The highest BCUT2D eigenvalue weighted by molar-refractivity contribution is 7.85. The third-order valence-electron chi connectivity index (χ3n) is 1.60. The van der Waals surface area contributed by atoms with Crippen LogP contribution in [0.3, 0.4) is 0 Å². The van der Waals surface area contributed by atoms with E-state index in [0.717, 1.165) is 6.07 Å². The van der Waals surface area contributed by atoms with E-state index in [4.69, 9.17) is 10.1 Å². The maximum absolute atomic E-state index is 10.7. The zero-order valence-electron chi connectivity index (χ0n) is 6.85. The van der Waals surface area contributed by atoms with E-state index in [0.29, 0.717) is 5.56 Å².